The summed E-state index contributed by atoms with van der Waals surface area (Å²) in [6.45, 7) is 0. The highest BCUT2D eigenvalue weighted by Crippen LogP contribution is 2.30. The van der Waals surface area contributed by atoms with E-state index < -0.39 is 0 Å². The van der Waals surface area contributed by atoms with Crippen molar-refractivity contribution in [1.82, 2.24) is 4.98 Å². The number of benzene rings is 1. The predicted molar refractivity (Wildman–Crippen MR) is 68.0 cm³/mol. The lowest BCUT2D eigenvalue weighted by atomic mass is 10.3. The van der Waals surface area contributed by atoms with Crippen molar-refractivity contribution in [2.45, 2.75) is 0 Å². The molecule has 6 heteroatoms. The van der Waals surface area contributed by atoms with Crippen molar-refractivity contribution in [2.24, 2.45) is 4.99 Å². The molecule has 0 atom stereocenters. The van der Waals surface area contributed by atoms with Gasteiger partial charge < -0.3 is 4.74 Å². The Hall–Kier alpha value is -2.66. The Bertz CT molecular complexity index is 726. The molecule has 0 radical (unpaired) electrons. The highest BCUT2D eigenvalue weighted by atomic mass is 32.1. The first-order valence-electron chi connectivity index (χ1n) is 4.85. The maximum atomic E-state index is 8.55. The molecule has 2 rings (SSSR count). The Balaban J connectivity index is 2.46. The second kappa shape index (κ2) is 5.11. The van der Waals surface area contributed by atoms with Gasteiger partial charge in [-0.25, -0.2) is 4.98 Å². The molecular weight excluding hydrogens is 248 g/mol. The zero-order chi connectivity index (χ0) is 13.0. The quantitative estimate of drug-likeness (QED) is 0.609. The molecule has 0 unspecified atom stereocenters. The molecule has 0 spiro atoms. The summed E-state index contributed by atoms with van der Waals surface area (Å²) >= 11 is 1.35. The van der Waals surface area contributed by atoms with Gasteiger partial charge in [-0.2, -0.15) is 15.5 Å². The molecule has 0 saturated heterocycles. The fraction of sp³-hybridized carbons (Fsp3) is 0.0833. The molecule has 0 bridgehead atoms. The van der Waals surface area contributed by atoms with E-state index in [0.717, 1.165) is 10.2 Å². The van der Waals surface area contributed by atoms with Crippen LogP contribution in [0, 0.1) is 22.7 Å². The van der Waals surface area contributed by atoms with Crippen molar-refractivity contribution in [3.05, 3.63) is 23.8 Å². The molecule has 18 heavy (non-hydrogen) atoms. The van der Waals surface area contributed by atoms with Crippen LogP contribution in [0.2, 0.25) is 0 Å². The van der Waals surface area contributed by atoms with Crippen molar-refractivity contribution in [1.29, 1.82) is 10.5 Å². The van der Waals surface area contributed by atoms with Gasteiger partial charge in [0.2, 0.25) is 5.13 Å². The zero-order valence-electron chi connectivity index (χ0n) is 9.34. The normalized spacial score (nSPS) is 9.06. The number of fused-ring (bicyclic) bond motifs is 1. The number of aliphatic imine (C=N–C) groups is 1. The predicted octanol–water partition coefficient (Wildman–Crippen LogP) is 2.58. The van der Waals surface area contributed by atoms with Crippen LogP contribution in [-0.2, 0) is 0 Å². The van der Waals surface area contributed by atoms with Crippen molar-refractivity contribution >= 4 is 32.6 Å². The molecule has 0 amide bonds. The maximum absolute atomic E-state index is 8.55. The maximum Gasteiger partial charge on any atom is 0.218 e. The van der Waals surface area contributed by atoms with E-state index >= 15 is 0 Å². The van der Waals surface area contributed by atoms with Crippen LogP contribution in [0.25, 0.3) is 10.2 Å². The van der Waals surface area contributed by atoms with E-state index in [4.69, 9.17) is 15.3 Å². The monoisotopic (exact) mass is 254 g/mol. The zero-order valence-corrected chi connectivity index (χ0v) is 10.2. The topological polar surface area (TPSA) is 82.1 Å². The van der Waals surface area contributed by atoms with Gasteiger partial charge in [0, 0.05) is 11.9 Å². The molecule has 0 aliphatic heterocycles. The van der Waals surface area contributed by atoms with E-state index in [-0.39, 0.29) is 5.57 Å². The van der Waals surface area contributed by atoms with Gasteiger partial charge in [0.05, 0.1) is 17.3 Å². The second-order valence-corrected chi connectivity index (χ2v) is 4.16. The van der Waals surface area contributed by atoms with Gasteiger partial charge in [-0.15, -0.1) is 0 Å². The lowest BCUT2D eigenvalue weighted by Gasteiger charge is -1.96. The number of methoxy groups -OCH3 is 1. The van der Waals surface area contributed by atoms with Gasteiger partial charge in [0.1, 0.15) is 17.9 Å². The average Bonchev–Trinajstić information content (AvgIpc) is 2.81. The lowest BCUT2D eigenvalue weighted by Crippen LogP contribution is -1.80. The molecule has 1 heterocycles. The molecule has 1 aromatic heterocycles. The first-order valence-corrected chi connectivity index (χ1v) is 5.67. The van der Waals surface area contributed by atoms with E-state index in [9.17, 15) is 0 Å². The SMILES string of the molecule is COc1ccc2sc(N=C=C(C#N)C#N)nc2c1. The first kappa shape index (κ1) is 11.8. The van der Waals surface area contributed by atoms with Crippen LogP contribution in [-0.4, -0.2) is 18.0 Å². The minimum Gasteiger partial charge on any atom is -0.497 e. The van der Waals surface area contributed by atoms with Crippen LogP contribution >= 0.6 is 11.3 Å². The highest BCUT2D eigenvalue weighted by Gasteiger charge is 2.03. The molecule has 0 aliphatic carbocycles. The third kappa shape index (κ3) is 2.36. The number of aromatic nitrogens is 1. The van der Waals surface area contributed by atoms with Gasteiger partial charge in [0.25, 0.3) is 0 Å². The summed E-state index contributed by atoms with van der Waals surface area (Å²) in [6.07, 6.45) is 0. The second-order valence-electron chi connectivity index (χ2n) is 3.15. The number of allylic oxidation sites excluding steroid dienone is 1. The van der Waals surface area contributed by atoms with Crippen LogP contribution in [0.5, 0.6) is 5.75 Å². The molecular formula is C12H6N4OS. The van der Waals surface area contributed by atoms with Crippen LogP contribution in [0.1, 0.15) is 0 Å². The van der Waals surface area contributed by atoms with Gasteiger partial charge in [-0.3, -0.25) is 0 Å². The molecule has 86 valence electrons. The minimum atomic E-state index is -0.174. The van der Waals surface area contributed by atoms with Gasteiger partial charge in [-0.05, 0) is 12.1 Å². The smallest absolute Gasteiger partial charge is 0.218 e. The van der Waals surface area contributed by atoms with Crippen LogP contribution in [0.15, 0.2) is 28.8 Å². The standard InChI is InChI=1S/C12H6N4OS/c1-17-9-2-3-11-10(4-9)16-12(18-11)15-7-8(5-13)6-14/h2-4H,1H3. The van der Waals surface area contributed by atoms with Gasteiger partial charge in [-0.1, -0.05) is 11.3 Å². The molecule has 0 N–H and O–H groups in total. The summed E-state index contributed by atoms with van der Waals surface area (Å²) in [5, 5.41) is 17.5. The number of hydrogen-bond donors (Lipinski definition) is 0. The fourth-order valence-electron chi connectivity index (χ4n) is 1.25. The van der Waals surface area contributed by atoms with Gasteiger partial charge in [0.15, 0.2) is 5.57 Å². The summed E-state index contributed by atoms with van der Waals surface area (Å²) < 4.78 is 6.04. The Labute approximate surface area is 107 Å². The molecule has 0 fully saturated rings. The van der Waals surface area contributed by atoms with Crippen molar-refractivity contribution < 1.29 is 4.74 Å². The van der Waals surface area contributed by atoms with Crippen molar-refractivity contribution in [2.75, 3.05) is 7.11 Å². The van der Waals surface area contributed by atoms with Crippen molar-refractivity contribution in [3.8, 4) is 17.9 Å². The number of thiazole rings is 1. The van der Waals surface area contributed by atoms with E-state index in [1.807, 2.05) is 12.1 Å². The third-order valence-electron chi connectivity index (χ3n) is 2.07. The fourth-order valence-corrected chi connectivity index (χ4v) is 2.03. The Morgan fingerprint density at radius 3 is 2.83 bits per heavy atom. The third-order valence-corrected chi connectivity index (χ3v) is 3.00. The molecule has 0 aliphatic rings. The summed E-state index contributed by atoms with van der Waals surface area (Å²) in [4.78, 5) is 8.11. The largest absolute Gasteiger partial charge is 0.497 e. The van der Waals surface area contributed by atoms with Gasteiger partial charge >= 0.3 is 0 Å². The summed E-state index contributed by atoms with van der Waals surface area (Å²) in [5.41, 5.74) is 0.585. The van der Waals surface area contributed by atoms with Crippen LogP contribution < -0.4 is 4.74 Å². The average molecular weight is 254 g/mol. The van der Waals surface area contributed by atoms with E-state index in [1.165, 1.54) is 11.3 Å². The number of rotatable bonds is 2. The summed E-state index contributed by atoms with van der Waals surface area (Å²) in [7, 11) is 1.58. The molecule has 2 aromatic rings. The number of hydrogen-bond acceptors (Lipinski definition) is 6. The lowest BCUT2D eigenvalue weighted by molar-refractivity contribution is 0.415. The Morgan fingerprint density at radius 1 is 1.39 bits per heavy atom. The van der Waals surface area contributed by atoms with Crippen molar-refractivity contribution in [3.63, 3.8) is 0 Å². The van der Waals surface area contributed by atoms with Crippen LogP contribution in [0.4, 0.5) is 5.13 Å². The molecule has 1 aromatic carbocycles. The number of nitrogens with zero attached hydrogens (tertiary/aromatic N) is 4. The number of ether oxygens (including phenoxy) is 1. The summed E-state index contributed by atoms with van der Waals surface area (Å²) in [6, 6.07) is 8.87. The van der Waals surface area contributed by atoms with E-state index in [0.29, 0.717) is 10.9 Å². The Kier molecular flexibility index (Phi) is 3.36. The molecule has 5 nitrogen and oxygen atoms in total. The van der Waals surface area contributed by atoms with E-state index in [2.05, 4.69) is 15.8 Å². The van der Waals surface area contributed by atoms with E-state index in [1.54, 1.807) is 25.3 Å². The molecule has 0 saturated carbocycles. The first-order chi connectivity index (χ1) is 8.76. The minimum absolute atomic E-state index is 0.174. The summed E-state index contributed by atoms with van der Waals surface area (Å²) in [5.74, 6) is 3.08. The Morgan fingerprint density at radius 2 is 2.17 bits per heavy atom. The number of nitriles is 2. The van der Waals surface area contributed by atoms with Crippen LogP contribution in [0.3, 0.4) is 0 Å². The highest BCUT2D eigenvalue weighted by molar-refractivity contribution is 7.22.